The zero-order valence-corrected chi connectivity index (χ0v) is 12.0. The van der Waals surface area contributed by atoms with Crippen LogP contribution in [-0.4, -0.2) is 30.3 Å². The second kappa shape index (κ2) is 5.89. The molecule has 0 saturated carbocycles. The van der Waals surface area contributed by atoms with Crippen molar-refractivity contribution in [1.29, 1.82) is 0 Å². The highest BCUT2D eigenvalue weighted by Crippen LogP contribution is 2.20. The van der Waals surface area contributed by atoms with E-state index >= 15 is 0 Å². The van der Waals surface area contributed by atoms with Gasteiger partial charge in [-0.3, -0.25) is 0 Å². The molecule has 4 nitrogen and oxygen atoms in total. The zero-order valence-electron chi connectivity index (χ0n) is 10.4. The Balaban J connectivity index is 3.08. The van der Waals surface area contributed by atoms with Crippen molar-refractivity contribution in [1.82, 2.24) is 9.29 Å². The molecule has 0 aromatic carbocycles. The van der Waals surface area contributed by atoms with E-state index in [1.165, 1.54) is 10.5 Å². The van der Waals surface area contributed by atoms with E-state index in [0.717, 1.165) is 6.42 Å². The Hall–Kier alpha value is -0.520. The van der Waals surface area contributed by atoms with Crippen molar-refractivity contribution in [2.75, 3.05) is 6.54 Å². The van der Waals surface area contributed by atoms with Crippen molar-refractivity contribution < 1.29 is 8.42 Å². The van der Waals surface area contributed by atoms with Crippen molar-refractivity contribution in [3.05, 3.63) is 18.0 Å². The SMILES string of the molecule is CCC(C)N(CC)S(=O)(=O)c1c[nH]c(CCl)c1. The number of alkyl halides is 1. The van der Waals surface area contributed by atoms with Gasteiger partial charge < -0.3 is 4.98 Å². The number of H-pyrrole nitrogens is 1. The molecule has 1 heterocycles. The van der Waals surface area contributed by atoms with Gasteiger partial charge in [0.1, 0.15) is 0 Å². The standard InChI is InChI=1S/C11H19ClN2O2S/c1-4-9(3)14(5-2)17(15,16)11-6-10(7-12)13-8-11/h6,8-9,13H,4-5,7H2,1-3H3. The number of rotatable bonds is 6. The van der Waals surface area contributed by atoms with E-state index in [0.29, 0.717) is 12.2 Å². The van der Waals surface area contributed by atoms with Crippen LogP contribution in [0.3, 0.4) is 0 Å². The first-order valence-corrected chi connectivity index (χ1v) is 7.69. The highest BCUT2D eigenvalue weighted by molar-refractivity contribution is 7.89. The fourth-order valence-corrected chi connectivity index (χ4v) is 3.59. The molecule has 1 rings (SSSR count). The topological polar surface area (TPSA) is 53.2 Å². The third kappa shape index (κ3) is 3.03. The fourth-order valence-electron chi connectivity index (χ4n) is 1.70. The zero-order chi connectivity index (χ0) is 13.1. The summed E-state index contributed by atoms with van der Waals surface area (Å²) >= 11 is 5.65. The number of nitrogens with zero attached hydrogens (tertiary/aromatic N) is 1. The van der Waals surface area contributed by atoms with Crippen molar-refractivity contribution in [2.24, 2.45) is 0 Å². The number of sulfonamides is 1. The van der Waals surface area contributed by atoms with Gasteiger partial charge in [-0.05, 0) is 19.4 Å². The monoisotopic (exact) mass is 278 g/mol. The van der Waals surface area contributed by atoms with Crippen LogP contribution in [0.2, 0.25) is 0 Å². The number of aromatic amines is 1. The predicted octanol–water partition coefficient (Wildman–Crippen LogP) is 2.56. The quantitative estimate of drug-likeness (QED) is 0.813. The van der Waals surface area contributed by atoms with E-state index in [9.17, 15) is 8.42 Å². The number of nitrogens with one attached hydrogen (secondary N) is 1. The summed E-state index contributed by atoms with van der Waals surface area (Å²) < 4.78 is 26.2. The maximum Gasteiger partial charge on any atom is 0.244 e. The van der Waals surface area contributed by atoms with Gasteiger partial charge >= 0.3 is 0 Å². The average Bonchev–Trinajstić information content (AvgIpc) is 2.78. The molecule has 0 fully saturated rings. The molecule has 1 N–H and O–H groups in total. The lowest BCUT2D eigenvalue weighted by molar-refractivity contribution is 0.342. The van der Waals surface area contributed by atoms with Crippen LogP contribution in [-0.2, 0) is 15.9 Å². The van der Waals surface area contributed by atoms with Crippen LogP contribution in [0.5, 0.6) is 0 Å². The average molecular weight is 279 g/mol. The lowest BCUT2D eigenvalue weighted by Gasteiger charge is -2.25. The van der Waals surface area contributed by atoms with Crippen LogP contribution in [0.4, 0.5) is 0 Å². The second-order valence-corrected chi connectivity index (χ2v) is 6.12. The Morgan fingerprint density at radius 3 is 2.53 bits per heavy atom. The Morgan fingerprint density at radius 1 is 1.47 bits per heavy atom. The highest BCUT2D eigenvalue weighted by Gasteiger charge is 2.27. The summed E-state index contributed by atoms with van der Waals surface area (Å²) in [4.78, 5) is 3.15. The molecule has 17 heavy (non-hydrogen) atoms. The number of hydrogen-bond donors (Lipinski definition) is 1. The molecule has 0 aliphatic rings. The lowest BCUT2D eigenvalue weighted by atomic mass is 10.3. The Labute approximate surface area is 108 Å². The molecule has 98 valence electrons. The van der Waals surface area contributed by atoms with E-state index < -0.39 is 10.0 Å². The third-order valence-electron chi connectivity index (χ3n) is 2.86. The summed E-state index contributed by atoms with van der Waals surface area (Å²) in [5, 5.41) is 0. The summed E-state index contributed by atoms with van der Waals surface area (Å²) in [5.74, 6) is 0.283. The number of hydrogen-bond acceptors (Lipinski definition) is 2. The summed E-state index contributed by atoms with van der Waals surface area (Å²) in [6.45, 7) is 6.21. The maximum absolute atomic E-state index is 12.4. The lowest BCUT2D eigenvalue weighted by Crippen LogP contribution is -2.37. The van der Waals surface area contributed by atoms with Crippen LogP contribution in [0, 0.1) is 0 Å². The number of aromatic nitrogens is 1. The summed E-state index contributed by atoms with van der Waals surface area (Å²) in [5.41, 5.74) is 0.713. The van der Waals surface area contributed by atoms with Crippen LogP contribution >= 0.6 is 11.6 Å². The molecule has 1 aromatic rings. The summed E-state index contributed by atoms with van der Waals surface area (Å²) in [6.07, 6.45) is 2.29. The molecule has 0 bridgehead atoms. The van der Waals surface area contributed by atoms with Gasteiger partial charge in [0.15, 0.2) is 0 Å². The molecule has 1 unspecified atom stereocenters. The van der Waals surface area contributed by atoms with Crippen LogP contribution < -0.4 is 0 Å². The van der Waals surface area contributed by atoms with Crippen LogP contribution in [0.25, 0.3) is 0 Å². The molecule has 0 radical (unpaired) electrons. The van der Waals surface area contributed by atoms with Gasteiger partial charge in [0.05, 0.1) is 10.8 Å². The van der Waals surface area contributed by atoms with Crippen molar-refractivity contribution in [3.8, 4) is 0 Å². The Bertz CT molecular complexity index is 456. The maximum atomic E-state index is 12.4. The van der Waals surface area contributed by atoms with Gasteiger partial charge in [-0.15, -0.1) is 11.6 Å². The smallest absolute Gasteiger partial charge is 0.244 e. The van der Waals surface area contributed by atoms with E-state index in [4.69, 9.17) is 11.6 Å². The predicted molar refractivity (Wildman–Crippen MR) is 69.7 cm³/mol. The third-order valence-corrected chi connectivity index (χ3v) is 5.22. The highest BCUT2D eigenvalue weighted by atomic mass is 35.5. The normalized spacial score (nSPS) is 14.2. The molecule has 6 heteroatoms. The van der Waals surface area contributed by atoms with Crippen LogP contribution in [0.1, 0.15) is 32.9 Å². The summed E-state index contributed by atoms with van der Waals surface area (Å²) in [7, 11) is -3.41. The minimum atomic E-state index is -3.41. The van der Waals surface area contributed by atoms with Gasteiger partial charge in [0.25, 0.3) is 0 Å². The largest absolute Gasteiger partial charge is 0.363 e. The van der Waals surface area contributed by atoms with Gasteiger partial charge in [0, 0.05) is 24.5 Å². The van der Waals surface area contributed by atoms with Gasteiger partial charge in [-0.25, -0.2) is 8.42 Å². The van der Waals surface area contributed by atoms with Crippen molar-refractivity contribution >= 4 is 21.6 Å². The molecule has 1 aromatic heterocycles. The van der Waals surface area contributed by atoms with Gasteiger partial charge in [0.2, 0.25) is 10.0 Å². The first-order valence-electron chi connectivity index (χ1n) is 5.72. The molecular weight excluding hydrogens is 260 g/mol. The van der Waals surface area contributed by atoms with E-state index in [1.807, 2.05) is 20.8 Å². The Kier molecular flexibility index (Phi) is 5.04. The first-order chi connectivity index (χ1) is 7.97. The molecule has 0 aliphatic carbocycles. The van der Waals surface area contributed by atoms with E-state index in [1.54, 1.807) is 6.07 Å². The first kappa shape index (κ1) is 14.5. The van der Waals surface area contributed by atoms with E-state index in [-0.39, 0.29) is 16.8 Å². The van der Waals surface area contributed by atoms with Crippen molar-refractivity contribution in [3.63, 3.8) is 0 Å². The van der Waals surface area contributed by atoms with Crippen molar-refractivity contribution in [2.45, 2.75) is 44.0 Å². The van der Waals surface area contributed by atoms with Crippen LogP contribution in [0.15, 0.2) is 17.2 Å². The minimum absolute atomic E-state index is 0.000600. The Morgan fingerprint density at radius 2 is 2.12 bits per heavy atom. The fraction of sp³-hybridized carbons (Fsp3) is 0.636. The van der Waals surface area contributed by atoms with Gasteiger partial charge in [-0.2, -0.15) is 4.31 Å². The molecule has 0 aliphatic heterocycles. The van der Waals surface area contributed by atoms with E-state index in [2.05, 4.69) is 4.98 Å². The molecule has 1 atom stereocenters. The minimum Gasteiger partial charge on any atom is -0.363 e. The number of halogens is 1. The summed E-state index contributed by atoms with van der Waals surface area (Å²) in [6, 6.07) is 1.59. The molecule has 0 saturated heterocycles. The van der Waals surface area contributed by atoms with Gasteiger partial charge in [-0.1, -0.05) is 13.8 Å². The molecule has 0 amide bonds. The molecular formula is C11H19ClN2O2S. The second-order valence-electron chi connectivity index (χ2n) is 3.96. The molecule has 0 spiro atoms.